The second-order valence-corrected chi connectivity index (χ2v) is 6.65. The van der Waals surface area contributed by atoms with Crippen molar-refractivity contribution in [3.8, 4) is 0 Å². The van der Waals surface area contributed by atoms with E-state index >= 15 is 0 Å². The second-order valence-electron chi connectivity index (χ2n) is 5.47. The summed E-state index contributed by atoms with van der Waals surface area (Å²) in [6, 6.07) is -0.946. The number of aryl methyl sites for hydroxylation is 2. The van der Waals surface area contributed by atoms with Crippen LogP contribution in [-0.2, 0) is 4.79 Å². The monoisotopic (exact) mass is 321 g/mol. The van der Waals surface area contributed by atoms with Crippen molar-refractivity contribution in [2.24, 2.45) is 5.92 Å². The van der Waals surface area contributed by atoms with Gasteiger partial charge in [-0.05, 0) is 32.6 Å². The summed E-state index contributed by atoms with van der Waals surface area (Å²) in [7, 11) is 0. The molecule has 0 bridgehead atoms. The molecule has 0 spiro atoms. The van der Waals surface area contributed by atoms with E-state index in [-0.39, 0.29) is 11.5 Å². The Morgan fingerprint density at radius 1 is 1.45 bits per heavy atom. The minimum atomic E-state index is -1.08. The SMILES string of the molecule is Cc1sc2ncc(C(=O)NC(C(=O)O)C3CC3)c(=O)n2c1C. The lowest BCUT2D eigenvalue weighted by atomic mass is 10.1. The molecule has 0 radical (unpaired) electrons. The van der Waals surface area contributed by atoms with Gasteiger partial charge in [0.25, 0.3) is 11.5 Å². The number of hydrogen-bond donors (Lipinski definition) is 2. The van der Waals surface area contributed by atoms with E-state index in [1.54, 1.807) is 6.92 Å². The Morgan fingerprint density at radius 2 is 2.14 bits per heavy atom. The Hall–Kier alpha value is -2.22. The van der Waals surface area contributed by atoms with Crippen LogP contribution in [0.5, 0.6) is 0 Å². The highest BCUT2D eigenvalue weighted by Gasteiger charge is 2.37. The van der Waals surface area contributed by atoms with Crippen LogP contribution >= 0.6 is 11.3 Å². The number of amides is 1. The van der Waals surface area contributed by atoms with E-state index in [1.165, 1.54) is 21.9 Å². The molecule has 1 aliphatic carbocycles. The Labute approximate surface area is 129 Å². The van der Waals surface area contributed by atoms with Crippen LogP contribution in [0, 0.1) is 19.8 Å². The van der Waals surface area contributed by atoms with Crippen molar-refractivity contribution in [2.75, 3.05) is 0 Å². The summed E-state index contributed by atoms with van der Waals surface area (Å²) < 4.78 is 1.39. The second kappa shape index (κ2) is 5.20. The van der Waals surface area contributed by atoms with Crippen molar-refractivity contribution in [1.29, 1.82) is 0 Å². The van der Waals surface area contributed by atoms with Crippen LogP contribution in [0.2, 0.25) is 0 Å². The van der Waals surface area contributed by atoms with Crippen molar-refractivity contribution < 1.29 is 14.7 Å². The van der Waals surface area contributed by atoms with Crippen LogP contribution in [0.25, 0.3) is 4.96 Å². The first kappa shape index (κ1) is 14.7. The van der Waals surface area contributed by atoms with E-state index in [0.717, 1.165) is 23.4 Å². The molecule has 3 rings (SSSR count). The predicted octanol–water partition coefficient (Wildman–Crippen LogP) is 0.966. The molecule has 2 N–H and O–H groups in total. The number of carboxylic acid groups (broad SMARTS) is 1. The van der Waals surface area contributed by atoms with E-state index < -0.39 is 23.5 Å². The predicted molar refractivity (Wildman–Crippen MR) is 80.4 cm³/mol. The Morgan fingerprint density at radius 3 is 2.73 bits per heavy atom. The third kappa shape index (κ3) is 2.39. The van der Waals surface area contributed by atoms with Gasteiger partial charge in [-0.15, -0.1) is 11.3 Å². The number of aromatic nitrogens is 2. The lowest BCUT2D eigenvalue weighted by Gasteiger charge is -2.13. The van der Waals surface area contributed by atoms with Crippen molar-refractivity contribution in [3.05, 3.63) is 32.7 Å². The summed E-state index contributed by atoms with van der Waals surface area (Å²) in [5, 5.41) is 11.6. The van der Waals surface area contributed by atoms with Crippen molar-refractivity contribution in [2.45, 2.75) is 32.7 Å². The first-order chi connectivity index (χ1) is 10.4. The molecule has 7 nitrogen and oxygen atoms in total. The number of thiazole rings is 1. The van der Waals surface area contributed by atoms with E-state index in [0.29, 0.717) is 4.96 Å². The fraction of sp³-hybridized carbons (Fsp3) is 0.429. The topological polar surface area (TPSA) is 101 Å². The summed E-state index contributed by atoms with van der Waals surface area (Å²) in [5.74, 6) is -1.81. The minimum Gasteiger partial charge on any atom is -0.480 e. The molecule has 8 heteroatoms. The highest BCUT2D eigenvalue weighted by atomic mass is 32.1. The van der Waals surface area contributed by atoms with Gasteiger partial charge < -0.3 is 10.4 Å². The fourth-order valence-electron chi connectivity index (χ4n) is 2.36. The lowest BCUT2D eigenvalue weighted by Crippen LogP contribution is -2.44. The van der Waals surface area contributed by atoms with Gasteiger partial charge in [0.15, 0.2) is 4.96 Å². The number of fused-ring (bicyclic) bond motifs is 1. The van der Waals surface area contributed by atoms with Gasteiger partial charge in [-0.25, -0.2) is 9.78 Å². The quantitative estimate of drug-likeness (QED) is 0.874. The van der Waals surface area contributed by atoms with Gasteiger partial charge in [0.05, 0.1) is 0 Å². The Balaban J connectivity index is 1.97. The summed E-state index contributed by atoms with van der Waals surface area (Å²) in [5.41, 5.74) is 0.138. The van der Waals surface area contributed by atoms with Gasteiger partial charge in [-0.3, -0.25) is 14.0 Å². The fourth-order valence-corrected chi connectivity index (χ4v) is 3.29. The van der Waals surface area contributed by atoms with Gasteiger partial charge in [-0.1, -0.05) is 0 Å². The van der Waals surface area contributed by atoms with Gasteiger partial charge >= 0.3 is 5.97 Å². The number of aliphatic carboxylic acids is 1. The van der Waals surface area contributed by atoms with E-state index in [2.05, 4.69) is 10.3 Å². The molecule has 2 aromatic heterocycles. The molecule has 0 aliphatic heterocycles. The number of carbonyl (C=O) groups excluding carboxylic acids is 1. The Kier molecular flexibility index (Phi) is 3.48. The van der Waals surface area contributed by atoms with Crippen LogP contribution in [0.4, 0.5) is 0 Å². The number of hydrogen-bond acceptors (Lipinski definition) is 5. The number of carboxylic acids is 1. The smallest absolute Gasteiger partial charge is 0.326 e. The maximum Gasteiger partial charge on any atom is 0.326 e. The number of nitrogens with zero attached hydrogens (tertiary/aromatic N) is 2. The lowest BCUT2D eigenvalue weighted by molar-refractivity contribution is -0.139. The molecule has 1 amide bonds. The third-order valence-corrected chi connectivity index (χ3v) is 4.98. The summed E-state index contributed by atoms with van der Waals surface area (Å²) >= 11 is 1.37. The molecule has 1 fully saturated rings. The molecular formula is C14H15N3O4S. The van der Waals surface area contributed by atoms with E-state index in [1.807, 2.05) is 6.92 Å². The maximum absolute atomic E-state index is 12.5. The largest absolute Gasteiger partial charge is 0.480 e. The van der Waals surface area contributed by atoms with Crippen molar-refractivity contribution in [3.63, 3.8) is 0 Å². The number of nitrogens with one attached hydrogen (secondary N) is 1. The molecule has 1 saturated carbocycles. The first-order valence-electron chi connectivity index (χ1n) is 6.91. The molecule has 1 aliphatic rings. The van der Waals surface area contributed by atoms with E-state index in [4.69, 9.17) is 5.11 Å². The minimum absolute atomic E-state index is 0.0500. The zero-order valence-corrected chi connectivity index (χ0v) is 12.9. The molecule has 116 valence electrons. The molecular weight excluding hydrogens is 306 g/mol. The summed E-state index contributed by atoms with van der Waals surface area (Å²) in [6.07, 6.45) is 2.76. The van der Waals surface area contributed by atoms with Crippen LogP contribution in [-0.4, -0.2) is 32.4 Å². The van der Waals surface area contributed by atoms with Gasteiger partial charge in [0, 0.05) is 16.8 Å². The van der Waals surface area contributed by atoms with Crippen LogP contribution < -0.4 is 10.9 Å². The zero-order chi connectivity index (χ0) is 16.0. The van der Waals surface area contributed by atoms with Gasteiger partial charge in [0.1, 0.15) is 11.6 Å². The van der Waals surface area contributed by atoms with Crippen molar-refractivity contribution in [1.82, 2.24) is 14.7 Å². The third-order valence-electron chi connectivity index (χ3n) is 3.91. The molecule has 0 aromatic carbocycles. The van der Waals surface area contributed by atoms with Crippen molar-refractivity contribution >= 4 is 28.2 Å². The molecule has 2 aromatic rings. The first-order valence-corrected chi connectivity index (χ1v) is 7.73. The molecule has 0 saturated heterocycles. The summed E-state index contributed by atoms with van der Waals surface area (Å²) in [4.78, 5) is 41.5. The van der Waals surface area contributed by atoms with Crippen LogP contribution in [0.15, 0.2) is 11.0 Å². The normalized spacial score (nSPS) is 15.7. The molecule has 1 unspecified atom stereocenters. The number of rotatable bonds is 4. The van der Waals surface area contributed by atoms with Gasteiger partial charge in [-0.2, -0.15) is 0 Å². The van der Waals surface area contributed by atoms with Crippen LogP contribution in [0.1, 0.15) is 33.8 Å². The maximum atomic E-state index is 12.5. The summed E-state index contributed by atoms with van der Waals surface area (Å²) in [6.45, 7) is 3.66. The highest BCUT2D eigenvalue weighted by Crippen LogP contribution is 2.32. The standard InChI is InChI=1S/C14H15N3O4S/c1-6-7(2)22-14-15-5-9(12(19)17(6)14)11(18)16-10(13(20)21)8-3-4-8/h5,8,10H,3-4H2,1-2H3,(H,16,18)(H,20,21). The van der Waals surface area contributed by atoms with E-state index in [9.17, 15) is 14.4 Å². The molecule has 22 heavy (non-hydrogen) atoms. The highest BCUT2D eigenvalue weighted by molar-refractivity contribution is 7.17. The number of carbonyl (C=O) groups is 2. The molecule has 2 heterocycles. The molecule has 1 atom stereocenters. The van der Waals surface area contributed by atoms with Gasteiger partial charge in [0.2, 0.25) is 0 Å². The average Bonchev–Trinajstić information content (AvgIpc) is 3.24. The average molecular weight is 321 g/mol. The Bertz CT molecular complexity index is 834. The zero-order valence-electron chi connectivity index (χ0n) is 12.1. The van der Waals surface area contributed by atoms with Crippen LogP contribution in [0.3, 0.4) is 0 Å².